The van der Waals surface area contributed by atoms with E-state index in [1.807, 2.05) is 30.3 Å². The molecule has 3 N–H and O–H groups in total. The average molecular weight is 307 g/mol. The van der Waals surface area contributed by atoms with Crippen LogP contribution in [0.4, 0.5) is 17.1 Å². The fourth-order valence-electron chi connectivity index (χ4n) is 2.89. The molecule has 0 aliphatic carbocycles. The van der Waals surface area contributed by atoms with Crippen molar-refractivity contribution < 1.29 is 4.79 Å². The molecule has 0 saturated heterocycles. The maximum absolute atomic E-state index is 12.2. The largest absolute Gasteiger partial charge is 0.399 e. The molecule has 0 radical (unpaired) electrons. The smallest absolute Gasteiger partial charge is 0.256 e. The van der Waals surface area contributed by atoms with E-state index < -0.39 is 0 Å². The third-order valence-electron chi connectivity index (χ3n) is 4.16. The molecule has 2 aromatic rings. The second-order valence-corrected chi connectivity index (χ2v) is 5.58. The van der Waals surface area contributed by atoms with Crippen molar-refractivity contribution >= 4 is 34.6 Å². The zero-order valence-electron chi connectivity index (χ0n) is 13.5. The molecule has 0 aromatic heterocycles. The van der Waals surface area contributed by atoms with E-state index in [4.69, 9.17) is 5.73 Å². The predicted octanol–water partition coefficient (Wildman–Crippen LogP) is 3.61. The normalized spacial score (nSPS) is 14.7. The second kappa shape index (κ2) is 6.16. The summed E-state index contributed by atoms with van der Waals surface area (Å²) in [7, 11) is 0. The minimum Gasteiger partial charge on any atom is -0.399 e. The molecule has 4 heteroatoms. The molecular formula is C19H21N3O. The van der Waals surface area contributed by atoms with Crippen LogP contribution >= 0.6 is 0 Å². The van der Waals surface area contributed by atoms with Crippen molar-refractivity contribution in [3.63, 3.8) is 0 Å². The Morgan fingerprint density at radius 2 is 1.78 bits per heavy atom. The van der Waals surface area contributed by atoms with Crippen molar-refractivity contribution in [2.45, 2.75) is 13.8 Å². The van der Waals surface area contributed by atoms with Crippen LogP contribution in [0, 0.1) is 0 Å². The molecule has 0 bridgehead atoms. The number of amides is 1. The second-order valence-electron chi connectivity index (χ2n) is 5.58. The van der Waals surface area contributed by atoms with Crippen LogP contribution < -0.4 is 16.0 Å². The number of nitrogen functional groups attached to an aromatic ring is 1. The molecule has 1 aliphatic heterocycles. The van der Waals surface area contributed by atoms with Gasteiger partial charge in [-0.1, -0.05) is 12.1 Å². The third-order valence-corrected chi connectivity index (χ3v) is 4.16. The highest BCUT2D eigenvalue weighted by molar-refractivity contribution is 6.35. The summed E-state index contributed by atoms with van der Waals surface area (Å²) in [6.07, 6.45) is 1.91. The molecule has 0 unspecified atom stereocenters. The van der Waals surface area contributed by atoms with Crippen molar-refractivity contribution in [3.8, 4) is 0 Å². The highest BCUT2D eigenvalue weighted by Crippen LogP contribution is 2.34. The topological polar surface area (TPSA) is 58.4 Å². The average Bonchev–Trinajstić information content (AvgIpc) is 2.86. The Morgan fingerprint density at radius 1 is 1.09 bits per heavy atom. The molecule has 0 fully saturated rings. The Balaban J connectivity index is 1.93. The maximum atomic E-state index is 12.2. The van der Waals surface area contributed by atoms with Crippen molar-refractivity contribution in [2.75, 3.05) is 29.0 Å². The van der Waals surface area contributed by atoms with Gasteiger partial charge < -0.3 is 16.0 Å². The van der Waals surface area contributed by atoms with E-state index in [0.717, 1.165) is 29.9 Å². The fraction of sp³-hybridized carbons (Fsp3) is 0.211. The number of hydrogen-bond acceptors (Lipinski definition) is 3. The summed E-state index contributed by atoms with van der Waals surface area (Å²) in [5.41, 5.74) is 11.0. The van der Waals surface area contributed by atoms with Crippen LogP contribution in [0.5, 0.6) is 0 Å². The number of fused-ring (bicyclic) bond motifs is 1. The van der Waals surface area contributed by atoms with E-state index in [9.17, 15) is 4.79 Å². The Labute approximate surface area is 136 Å². The van der Waals surface area contributed by atoms with Gasteiger partial charge in [-0.25, -0.2) is 0 Å². The molecule has 0 saturated carbocycles. The highest BCUT2D eigenvalue weighted by Gasteiger charge is 2.23. The zero-order valence-corrected chi connectivity index (χ0v) is 13.5. The van der Waals surface area contributed by atoms with Gasteiger partial charge in [-0.2, -0.15) is 0 Å². The zero-order chi connectivity index (χ0) is 16.4. The first kappa shape index (κ1) is 15.2. The molecule has 1 aliphatic rings. The van der Waals surface area contributed by atoms with E-state index >= 15 is 0 Å². The first-order valence-corrected chi connectivity index (χ1v) is 7.90. The summed E-state index contributed by atoms with van der Waals surface area (Å²) >= 11 is 0. The Morgan fingerprint density at radius 3 is 2.43 bits per heavy atom. The standard InChI is InChI=1S/C19H21N3O/c1-3-22(4-2)15-8-5-13(6-9-15)11-17-16-12-14(20)7-10-18(16)21-19(17)23/h5-12H,3-4,20H2,1-2H3,(H,21,23)/b17-11+. The van der Waals surface area contributed by atoms with Crippen molar-refractivity contribution in [1.82, 2.24) is 0 Å². The van der Waals surface area contributed by atoms with Crippen LogP contribution in [0.3, 0.4) is 0 Å². The maximum Gasteiger partial charge on any atom is 0.256 e. The number of carbonyl (C=O) groups excluding carboxylic acids is 1. The molecule has 2 aromatic carbocycles. The van der Waals surface area contributed by atoms with E-state index in [1.165, 1.54) is 5.69 Å². The van der Waals surface area contributed by atoms with Crippen LogP contribution in [-0.2, 0) is 4.79 Å². The number of nitrogens with two attached hydrogens (primary N) is 1. The van der Waals surface area contributed by atoms with E-state index in [0.29, 0.717) is 11.3 Å². The summed E-state index contributed by atoms with van der Waals surface area (Å²) in [6.45, 7) is 6.24. The van der Waals surface area contributed by atoms with Crippen molar-refractivity contribution in [1.29, 1.82) is 0 Å². The van der Waals surface area contributed by atoms with Crippen LogP contribution in [0.2, 0.25) is 0 Å². The van der Waals surface area contributed by atoms with Crippen LogP contribution in [0.1, 0.15) is 25.0 Å². The first-order valence-electron chi connectivity index (χ1n) is 7.90. The number of benzene rings is 2. The quantitative estimate of drug-likeness (QED) is 0.670. The Hall–Kier alpha value is -2.75. The van der Waals surface area contributed by atoms with E-state index in [-0.39, 0.29) is 5.91 Å². The number of rotatable bonds is 4. The number of carbonyl (C=O) groups is 1. The van der Waals surface area contributed by atoms with Gasteiger partial charge in [-0.3, -0.25) is 4.79 Å². The SMILES string of the molecule is CCN(CC)c1ccc(/C=C2/C(=O)Nc3ccc(N)cc32)cc1. The highest BCUT2D eigenvalue weighted by atomic mass is 16.2. The monoisotopic (exact) mass is 307 g/mol. The van der Waals surface area contributed by atoms with Crippen LogP contribution in [0.15, 0.2) is 42.5 Å². The van der Waals surface area contributed by atoms with Crippen molar-refractivity contribution in [2.24, 2.45) is 0 Å². The van der Waals surface area contributed by atoms with Crippen LogP contribution in [0.25, 0.3) is 11.6 Å². The first-order chi connectivity index (χ1) is 11.1. The third kappa shape index (κ3) is 2.93. The number of anilines is 3. The molecule has 3 rings (SSSR count). The lowest BCUT2D eigenvalue weighted by atomic mass is 10.0. The molecule has 0 atom stereocenters. The summed E-state index contributed by atoms with van der Waals surface area (Å²) in [5, 5.41) is 2.87. The lowest BCUT2D eigenvalue weighted by Crippen LogP contribution is -2.21. The van der Waals surface area contributed by atoms with Gasteiger partial charge in [0, 0.05) is 41.3 Å². The van der Waals surface area contributed by atoms with Gasteiger partial charge >= 0.3 is 0 Å². The van der Waals surface area contributed by atoms with E-state index in [1.54, 1.807) is 6.07 Å². The van der Waals surface area contributed by atoms with Gasteiger partial charge in [0.1, 0.15) is 0 Å². The van der Waals surface area contributed by atoms with Gasteiger partial charge in [-0.05, 0) is 55.8 Å². The van der Waals surface area contributed by atoms with Gasteiger partial charge in [-0.15, -0.1) is 0 Å². The summed E-state index contributed by atoms with van der Waals surface area (Å²) < 4.78 is 0. The molecule has 118 valence electrons. The van der Waals surface area contributed by atoms with Gasteiger partial charge in [0.05, 0.1) is 0 Å². The summed E-state index contributed by atoms with van der Waals surface area (Å²) in [5.74, 6) is -0.0848. The Kier molecular flexibility index (Phi) is 4.06. The lowest BCUT2D eigenvalue weighted by molar-refractivity contribution is -0.110. The summed E-state index contributed by atoms with van der Waals surface area (Å²) in [6, 6.07) is 13.7. The van der Waals surface area contributed by atoms with Gasteiger partial charge in [0.15, 0.2) is 0 Å². The number of hydrogen-bond donors (Lipinski definition) is 2. The van der Waals surface area contributed by atoms with Crippen molar-refractivity contribution in [3.05, 3.63) is 53.6 Å². The summed E-state index contributed by atoms with van der Waals surface area (Å²) in [4.78, 5) is 14.5. The molecule has 0 spiro atoms. The lowest BCUT2D eigenvalue weighted by Gasteiger charge is -2.20. The molecule has 4 nitrogen and oxygen atoms in total. The molecule has 1 amide bonds. The van der Waals surface area contributed by atoms with Gasteiger partial charge in [0.25, 0.3) is 5.91 Å². The fourth-order valence-corrected chi connectivity index (χ4v) is 2.89. The number of nitrogens with one attached hydrogen (secondary N) is 1. The predicted molar refractivity (Wildman–Crippen MR) is 97.4 cm³/mol. The molecular weight excluding hydrogens is 286 g/mol. The molecule has 1 heterocycles. The van der Waals surface area contributed by atoms with Gasteiger partial charge in [0.2, 0.25) is 0 Å². The minimum atomic E-state index is -0.0848. The minimum absolute atomic E-state index is 0.0848. The van der Waals surface area contributed by atoms with Crippen LogP contribution in [-0.4, -0.2) is 19.0 Å². The number of nitrogens with zero attached hydrogens (tertiary/aromatic N) is 1. The Bertz CT molecular complexity index is 759. The molecule has 23 heavy (non-hydrogen) atoms. The van der Waals surface area contributed by atoms with E-state index in [2.05, 4.69) is 36.2 Å².